The molecule has 0 spiro atoms. The Kier molecular flexibility index (Phi) is 0.934. The van der Waals surface area contributed by atoms with Crippen LogP contribution in [0.4, 0.5) is 0 Å². The van der Waals surface area contributed by atoms with E-state index < -0.39 is 11.9 Å². The van der Waals surface area contributed by atoms with Gasteiger partial charge in [0.25, 0.3) is 2.86 Å². The van der Waals surface area contributed by atoms with Gasteiger partial charge >= 0.3 is 11.9 Å². The normalized spacial score (nSPS) is 10.9. The van der Waals surface area contributed by atoms with Gasteiger partial charge in [-0.3, -0.25) is 9.59 Å². The largest absolute Gasteiger partial charge is 0.481 e. The third-order valence-corrected chi connectivity index (χ3v) is 0.236. The van der Waals surface area contributed by atoms with Crippen LogP contribution >= 0.6 is 0 Å². The number of carboxylic acid groups (broad SMARTS) is 2. The van der Waals surface area contributed by atoms with Gasteiger partial charge in [-0.1, -0.05) is 0 Å². The zero-order valence-corrected chi connectivity index (χ0v) is 3.21. The highest BCUT2D eigenvalue weighted by Gasteiger charge is 2.02. The molecule has 0 saturated carbocycles. The molecule has 7 heavy (non-hydrogen) atoms. The molecule has 4 heteroatoms. The minimum Gasteiger partial charge on any atom is -0.481 e. The van der Waals surface area contributed by atoms with Crippen LogP contribution in [0.1, 0.15) is 0 Å². The molecule has 0 rings (SSSR count). The zero-order chi connectivity index (χ0) is 7.28. The SMILES string of the molecule is [2H]OC(=O)[CH]C(=O)O[2H]. The number of carbonyl (C=O) groups is 2. The fourth-order valence-electron chi connectivity index (χ4n) is 0.0962. The summed E-state index contributed by atoms with van der Waals surface area (Å²) in [6.07, 6.45) is 0.347. The van der Waals surface area contributed by atoms with Crippen molar-refractivity contribution in [3.8, 4) is 0 Å². The Morgan fingerprint density at radius 3 is 2.14 bits per heavy atom. The van der Waals surface area contributed by atoms with Crippen molar-refractivity contribution in [1.82, 2.24) is 0 Å². The molecule has 1 radical (unpaired) electrons. The van der Waals surface area contributed by atoms with Crippen molar-refractivity contribution in [1.29, 1.82) is 2.86 Å². The van der Waals surface area contributed by atoms with Crippen molar-refractivity contribution in [3.05, 3.63) is 6.42 Å². The lowest BCUT2D eigenvalue weighted by atomic mass is 10.5. The Morgan fingerprint density at radius 2 is 1.86 bits per heavy atom. The number of aliphatic carboxylic acids is 2. The lowest BCUT2D eigenvalue weighted by Gasteiger charge is -1.79. The molecule has 0 atom stereocenters. The number of rotatable bonds is 2. The first-order valence-corrected chi connectivity index (χ1v) is 1.39. The van der Waals surface area contributed by atoms with E-state index in [9.17, 15) is 9.59 Å². The molecule has 0 amide bonds. The quantitative estimate of drug-likeness (QED) is 0.458. The van der Waals surface area contributed by atoms with Gasteiger partial charge in [-0.25, -0.2) is 0 Å². The van der Waals surface area contributed by atoms with Crippen molar-refractivity contribution < 1.29 is 19.8 Å². The summed E-state index contributed by atoms with van der Waals surface area (Å²) in [5.41, 5.74) is 0. The van der Waals surface area contributed by atoms with Crippen LogP contribution < -0.4 is 0 Å². The van der Waals surface area contributed by atoms with E-state index in [2.05, 4.69) is 10.2 Å². The topological polar surface area (TPSA) is 74.6 Å². The molecule has 4 nitrogen and oxygen atoms in total. The van der Waals surface area contributed by atoms with Gasteiger partial charge in [0.1, 0.15) is 0 Å². The maximum atomic E-state index is 9.93. The maximum absolute atomic E-state index is 9.93. The first-order chi connectivity index (χ1) is 4.20. The van der Waals surface area contributed by atoms with Crippen molar-refractivity contribution in [2.45, 2.75) is 0 Å². The minimum atomic E-state index is -1.16. The van der Waals surface area contributed by atoms with Crippen LogP contribution in [0.25, 0.3) is 2.86 Å². The second-order valence-corrected chi connectivity index (χ2v) is 0.782. The first kappa shape index (κ1) is 3.01. The number of hydrogen-bond acceptors (Lipinski definition) is 4. The highest BCUT2D eigenvalue weighted by Crippen LogP contribution is 1.72. The fourth-order valence-corrected chi connectivity index (χ4v) is 0.0962. The third-order valence-electron chi connectivity index (χ3n) is 0.236. The predicted octanol–water partition coefficient (Wildman–Crippen LogP) is -0.640. The molecule has 0 aliphatic carbocycles. The molecule has 0 heterocycles. The van der Waals surface area contributed by atoms with Crippen molar-refractivity contribution in [2.24, 2.45) is 0 Å². The van der Waals surface area contributed by atoms with Crippen molar-refractivity contribution in [2.75, 3.05) is 0 Å². The van der Waals surface area contributed by atoms with Gasteiger partial charge in [0, 0.05) is 0 Å². The van der Waals surface area contributed by atoms with Gasteiger partial charge in [0.15, 0.2) is 6.42 Å². The van der Waals surface area contributed by atoms with Crippen LogP contribution in [0.15, 0.2) is 0 Å². The van der Waals surface area contributed by atoms with E-state index in [1.165, 1.54) is 0 Å². The first-order valence-electron chi connectivity index (χ1n) is 2.21. The standard InChI is InChI=1S/C3H3O4/c4-2(5)1-3(6)7/h1H,(H,4,5)(H,6,7)/i/hD2. The second kappa shape index (κ2) is 2.17. The summed E-state index contributed by atoms with van der Waals surface area (Å²) in [6.45, 7) is 0. The van der Waals surface area contributed by atoms with Gasteiger partial charge in [-0.2, -0.15) is 0 Å². The molecule has 0 unspecified atom stereocenters. The Morgan fingerprint density at radius 1 is 1.43 bits per heavy atom. The molecule has 0 aliphatic rings. The van der Waals surface area contributed by atoms with Crippen LogP contribution in [0.3, 0.4) is 0 Å². The average Bonchev–Trinajstić information content (AvgIpc) is 1.87. The van der Waals surface area contributed by atoms with Crippen LogP contribution in [0, 0.1) is 6.42 Å². The van der Waals surface area contributed by atoms with Crippen LogP contribution in [0.2, 0.25) is 0 Å². The Labute approximate surface area is 42.4 Å². The Bertz CT molecular complexity index is 109. The van der Waals surface area contributed by atoms with E-state index in [1.807, 2.05) is 0 Å². The zero-order valence-electron chi connectivity index (χ0n) is 5.21. The monoisotopic (exact) mass is 105 g/mol. The van der Waals surface area contributed by atoms with Gasteiger partial charge in [-0.05, 0) is 0 Å². The summed E-state index contributed by atoms with van der Waals surface area (Å²) in [6, 6.07) is 0. The van der Waals surface area contributed by atoms with Crippen LogP contribution in [0.5, 0.6) is 0 Å². The molecule has 0 aromatic heterocycles. The third kappa shape index (κ3) is 4.94. The van der Waals surface area contributed by atoms with Crippen LogP contribution in [-0.2, 0) is 9.59 Å². The molecule has 0 aliphatic heterocycles. The van der Waals surface area contributed by atoms with E-state index in [0.29, 0.717) is 6.42 Å². The fraction of sp³-hybridized carbons (Fsp3) is 0. The summed E-state index contributed by atoms with van der Waals surface area (Å²) in [4.78, 5) is 19.9. The molecular formula is C3H3O4. The minimum absolute atomic E-state index is 0.347. The highest BCUT2D eigenvalue weighted by atomic mass is 16.4. The number of hydrogen-bond donors (Lipinski definition) is 2. The second-order valence-electron chi connectivity index (χ2n) is 0.782. The lowest BCUT2D eigenvalue weighted by Crippen LogP contribution is -2.05. The summed E-state index contributed by atoms with van der Waals surface area (Å²) < 4.78 is 11.9. The molecule has 0 saturated heterocycles. The Hall–Kier alpha value is -1.06. The van der Waals surface area contributed by atoms with Gasteiger partial charge in [0.05, 0.1) is 0 Å². The Balaban J connectivity index is 3.47. The molecule has 0 aromatic carbocycles. The molecule has 0 fully saturated rings. The van der Waals surface area contributed by atoms with E-state index in [4.69, 9.17) is 2.86 Å². The van der Waals surface area contributed by atoms with Crippen molar-refractivity contribution in [3.63, 3.8) is 0 Å². The van der Waals surface area contributed by atoms with E-state index >= 15 is 0 Å². The molecule has 39 valence electrons. The van der Waals surface area contributed by atoms with Crippen molar-refractivity contribution >= 4 is 11.9 Å². The maximum Gasteiger partial charge on any atom is 0.319 e. The van der Waals surface area contributed by atoms with Gasteiger partial charge in [0.2, 0.25) is 0 Å². The summed E-state index contributed by atoms with van der Waals surface area (Å²) >= 11 is 0. The predicted molar refractivity (Wildman–Crippen MR) is 19.6 cm³/mol. The van der Waals surface area contributed by atoms with E-state index in [0.717, 1.165) is 0 Å². The van der Waals surface area contributed by atoms with Gasteiger partial charge < -0.3 is 10.2 Å². The number of carboxylic acids is 2. The summed E-state index contributed by atoms with van der Waals surface area (Å²) in [5.74, 6) is -2.32. The lowest BCUT2D eigenvalue weighted by molar-refractivity contribution is -0.140. The van der Waals surface area contributed by atoms with Crippen LogP contribution in [-0.4, -0.2) is 22.2 Å². The highest BCUT2D eigenvalue weighted by molar-refractivity contribution is 6.01. The summed E-state index contributed by atoms with van der Waals surface area (Å²) in [7, 11) is 0. The molecule has 2 N–H and O–H groups in total. The van der Waals surface area contributed by atoms with E-state index in [1.54, 1.807) is 0 Å². The molecular weight excluding hydrogens is 100 g/mol. The van der Waals surface area contributed by atoms with E-state index in [-0.39, 0.29) is 0 Å². The average molecular weight is 105 g/mol. The summed E-state index contributed by atoms with van der Waals surface area (Å²) in [5, 5.41) is 6.59. The molecule has 0 bridgehead atoms. The van der Waals surface area contributed by atoms with Gasteiger partial charge in [-0.15, -0.1) is 0 Å². The smallest absolute Gasteiger partial charge is 0.319 e. The molecule has 0 aromatic rings.